The molecule has 44 heavy (non-hydrogen) atoms. The Labute approximate surface area is 264 Å². The van der Waals surface area contributed by atoms with Gasteiger partial charge in [-0.05, 0) is 102 Å². The number of hydrogen-bond acceptors (Lipinski definition) is 7. The molecule has 2 rings (SSSR count). The summed E-state index contributed by atoms with van der Waals surface area (Å²) >= 11 is 0. The van der Waals surface area contributed by atoms with E-state index in [9.17, 15) is 14.4 Å². The highest BCUT2D eigenvalue weighted by Gasteiger charge is 2.37. The number of ketones is 1. The monoisotopic (exact) mass is 608 g/mol. The Morgan fingerprint density at radius 2 is 1.20 bits per heavy atom. The van der Waals surface area contributed by atoms with Gasteiger partial charge in [0, 0.05) is 22.3 Å². The molecular formula is C37H52O7. The van der Waals surface area contributed by atoms with E-state index in [1.165, 1.54) is 7.11 Å². The standard InChI is InChI=1S/C37H52O7/c1-15-36(9,10)26-21-24(30(42-14)28(37(11,12)16-2)31(26)44-33(40)35(6,7)8)22-27(41-13)29(38)23-17-19-25(20-18-23)43-32(39)34(3,4)5/h17-22H,15-16H2,1-14H3. The first-order chi connectivity index (χ1) is 20.1. The van der Waals surface area contributed by atoms with Gasteiger partial charge in [-0.15, -0.1) is 0 Å². The second-order valence-corrected chi connectivity index (χ2v) is 14.6. The molecule has 2 aromatic carbocycles. The third-order valence-electron chi connectivity index (χ3n) is 8.12. The molecular weight excluding hydrogens is 556 g/mol. The zero-order valence-electron chi connectivity index (χ0n) is 29.2. The summed E-state index contributed by atoms with van der Waals surface area (Å²) in [6, 6.07) is 8.32. The molecule has 0 heterocycles. The molecule has 0 N–H and O–H groups in total. The van der Waals surface area contributed by atoms with Gasteiger partial charge < -0.3 is 18.9 Å². The molecule has 0 aliphatic rings. The SMILES string of the molecule is CCC(C)(C)c1cc(C=C(OC)C(=O)c2ccc(OC(=O)C(C)(C)C)cc2)c(OC)c(C(C)(C)CC)c1OC(=O)C(C)(C)C. The van der Waals surface area contributed by atoms with E-state index >= 15 is 0 Å². The van der Waals surface area contributed by atoms with E-state index in [4.69, 9.17) is 18.9 Å². The van der Waals surface area contributed by atoms with Gasteiger partial charge in [-0.3, -0.25) is 14.4 Å². The van der Waals surface area contributed by atoms with E-state index in [0.717, 1.165) is 24.0 Å². The van der Waals surface area contributed by atoms with Crippen LogP contribution < -0.4 is 14.2 Å². The molecule has 0 saturated carbocycles. The van der Waals surface area contributed by atoms with E-state index in [1.807, 2.05) is 26.8 Å². The lowest BCUT2D eigenvalue weighted by Crippen LogP contribution is -2.30. The fourth-order valence-corrected chi connectivity index (χ4v) is 4.27. The molecule has 0 aliphatic heterocycles. The Bertz CT molecular complexity index is 1400. The molecule has 0 bridgehead atoms. The van der Waals surface area contributed by atoms with Crippen LogP contribution in [0.3, 0.4) is 0 Å². The van der Waals surface area contributed by atoms with Crippen molar-refractivity contribution in [2.24, 2.45) is 10.8 Å². The molecule has 0 aromatic heterocycles. The third kappa shape index (κ3) is 8.30. The van der Waals surface area contributed by atoms with Crippen molar-refractivity contribution in [3.05, 3.63) is 58.3 Å². The summed E-state index contributed by atoms with van der Waals surface area (Å²) in [4.78, 5) is 39.2. The van der Waals surface area contributed by atoms with Crippen molar-refractivity contribution in [2.75, 3.05) is 14.2 Å². The number of carbonyl (C=O) groups excluding carboxylic acids is 3. The molecule has 2 aromatic rings. The van der Waals surface area contributed by atoms with Gasteiger partial charge in [0.05, 0.1) is 25.0 Å². The van der Waals surface area contributed by atoms with Crippen LogP contribution in [0, 0.1) is 10.8 Å². The lowest BCUT2D eigenvalue weighted by Gasteiger charge is -2.35. The summed E-state index contributed by atoms with van der Waals surface area (Å²) in [5.74, 6) is 0.411. The number of carbonyl (C=O) groups is 3. The maximum atomic E-state index is 13.7. The van der Waals surface area contributed by atoms with Gasteiger partial charge in [0.1, 0.15) is 17.2 Å². The summed E-state index contributed by atoms with van der Waals surface area (Å²) in [5, 5.41) is 0. The number of Topliss-reactive ketones (excluding diaryl/α,β-unsaturated/α-hetero) is 1. The van der Waals surface area contributed by atoms with Crippen molar-refractivity contribution in [3.8, 4) is 17.2 Å². The molecule has 242 valence electrons. The fraction of sp³-hybridized carbons (Fsp3) is 0.541. The maximum absolute atomic E-state index is 13.7. The minimum absolute atomic E-state index is 0.0997. The highest BCUT2D eigenvalue weighted by atomic mass is 16.5. The van der Waals surface area contributed by atoms with Crippen molar-refractivity contribution < 1.29 is 33.3 Å². The second-order valence-electron chi connectivity index (χ2n) is 14.6. The van der Waals surface area contributed by atoms with E-state index in [-0.39, 0.29) is 28.9 Å². The fourth-order valence-electron chi connectivity index (χ4n) is 4.27. The number of hydrogen-bond donors (Lipinski definition) is 0. The van der Waals surface area contributed by atoms with Gasteiger partial charge in [-0.2, -0.15) is 0 Å². The zero-order valence-corrected chi connectivity index (χ0v) is 29.2. The molecule has 7 nitrogen and oxygen atoms in total. The first-order valence-corrected chi connectivity index (χ1v) is 15.3. The minimum Gasteiger partial charge on any atom is -0.496 e. The van der Waals surface area contributed by atoms with Crippen molar-refractivity contribution >= 4 is 23.8 Å². The van der Waals surface area contributed by atoms with Crippen molar-refractivity contribution in [2.45, 2.75) is 107 Å². The molecule has 0 aliphatic carbocycles. The van der Waals surface area contributed by atoms with Crippen LogP contribution in [0.25, 0.3) is 6.08 Å². The van der Waals surface area contributed by atoms with Gasteiger partial charge in [-0.1, -0.05) is 41.5 Å². The molecule has 0 atom stereocenters. The minimum atomic E-state index is -0.719. The van der Waals surface area contributed by atoms with Gasteiger partial charge in [0.15, 0.2) is 5.76 Å². The van der Waals surface area contributed by atoms with Crippen LogP contribution in [0.5, 0.6) is 17.2 Å². The Morgan fingerprint density at radius 3 is 1.64 bits per heavy atom. The summed E-state index contributed by atoms with van der Waals surface area (Å²) in [5.41, 5.74) is 0.410. The van der Waals surface area contributed by atoms with E-state index in [2.05, 4.69) is 41.5 Å². The number of methoxy groups -OCH3 is 2. The molecule has 0 unspecified atom stereocenters. The topological polar surface area (TPSA) is 88.1 Å². The lowest BCUT2D eigenvalue weighted by atomic mass is 9.74. The van der Waals surface area contributed by atoms with Crippen molar-refractivity contribution in [1.29, 1.82) is 0 Å². The maximum Gasteiger partial charge on any atom is 0.316 e. The van der Waals surface area contributed by atoms with Crippen molar-refractivity contribution in [3.63, 3.8) is 0 Å². The molecule has 7 heteroatoms. The van der Waals surface area contributed by atoms with Crippen molar-refractivity contribution in [1.82, 2.24) is 0 Å². The average molecular weight is 609 g/mol. The van der Waals surface area contributed by atoms with E-state index < -0.39 is 16.2 Å². The quantitative estimate of drug-likeness (QED) is 0.0828. The van der Waals surface area contributed by atoms with Gasteiger partial charge in [0.25, 0.3) is 0 Å². The lowest BCUT2D eigenvalue weighted by molar-refractivity contribution is -0.143. The molecule has 0 spiro atoms. The zero-order chi connectivity index (χ0) is 33.8. The largest absolute Gasteiger partial charge is 0.496 e. The van der Waals surface area contributed by atoms with Gasteiger partial charge in [-0.25, -0.2) is 0 Å². The van der Waals surface area contributed by atoms with Crippen LogP contribution in [0.2, 0.25) is 0 Å². The number of allylic oxidation sites excluding steroid dienone is 1. The highest BCUT2D eigenvalue weighted by Crippen LogP contribution is 2.49. The van der Waals surface area contributed by atoms with Crippen LogP contribution in [-0.4, -0.2) is 31.9 Å². The van der Waals surface area contributed by atoms with Crippen LogP contribution in [-0.2, 0) is 25.2 Å². The Hall–Kier alpha value is -3.61. The first-order valence-electron chi connectivity index (χ1n) is 15.3. The average Bonchev–Trinajstić information content (AvgIpc) is 2.94. The second kappa shape index (κ2) is 13.6. The molecule has 0 saturated heterocycles. The summed E-state index contributed by atoms with van der Waals surface area (Å²) in [6.45, 7) is 23.4. The Morgan fingerprint density at radius 1 is 0.705 bits per heavy atom. The van der Waals surface area contributed by atoms with E-state index in [0.29, 0.717) is 28.4 Å². The number of ether oxygens (including phenoxy) is 4. The Balaban J connectivity index is 2.81. The van der Waals surface area contributed by atoms with Gasteiger partial charge >= 0.3 is 11.9 Å². The third-order valence-corrected chi connectivity index (χ3v) is 8.12. The Kier molecular flexibility index (Phi) is 11.3. The number of rotatable bonds is 11. The first kappa shape index (κ1) is 36.6. The van der Waals surface area contributed by atoms with Crippen LogP contribution >= 0.6 is 0 Å². The van der Waals surface area contributed by atoms with Crippen LogP contribution in [0.4, 0.5) is 0 Å². The molecule has 0 fully saturated rings. The predicted molar refractivity (Wildman–Crippen MR) is 176 cm³/mol. The highest BCUT2D eigenvalue weighted by molar-refractivity contribution is 6.10. The smallest absolute Gasteiger partial charge is 0.316 e. The summed E-state index contributed by atoms with van der Waals surface area (Å²) in [6.07, 6.45) is 3.19. The van der Waals surface area contributed by atoms with Crippen LogP contribution in [0.1, 0.15) is 123 Å². The number of benzene rings is 2. The predicted octanol–water partition coefficient (Wildman–Crippen LogP) is 8.84. The van der Waals surface area contributed by atoms with Gasteiger partial charge in [0.2, 0.25) is 5.78 Å². The molecule has 0 amide bonds. The summed E-state index contributed by atoms with van der Waals surface area (Å²) in [7, 11) is 3.02. The van der Waals surface area contributed by atoms with E-state index in [1.54, 1.807) is 58.2 Å². The number of esters is 2. The van der Waals surface area contributed by atoms with Crippen LogP contribution in [0.15, 0.2) is 36.1 Å². The molecule has 0 radical (unpaired) electrons. The summed E-state index contributed by atoms with van der Waals surface area (Å²) < 4.78 is 23.4. The normalized spacial score (nSPS) is 12.9.